The zero-order valence-corrected chi connectivity index (χ0v) is 17.1. The van der Waals surface area contributed by atoms with Gasteiger partial charge < -0.3 is 11.1 Å². The number of sulfonamides is 1. The third kappa shape index (κ3) is 5.94. The molecule has 0 bridgehead atoms. The van der Waals surface area contributed by atoms with Gasteiger partial charge in [0.2, 0.25) is 10.0 Å². The van der Waals surface area contributed by atoms with Crippen LogP contribution in [-0.4, -0.2) is 44.3 Å². The van der Waals surface area contributed by atoms with Crippen LogP contribution < -0.4 is 11.1 Å². The second-order valence-corrected chi connectivity index (χ2v) is 8.86. The minimum absolute atomic E-state index is 0. The molecule has 1 aromatic carbocycles. The van der Waals surface area contributed by atoms with Gasteiger partial charge in [-0.15, -0.1) is 12.4 Å². The Balaban J connectivity index is 0.00000338. The molecule has 8 heteroatoms. The number of rotatable bonds is 7. The molecule has 6 nitrogen and oxygen atoms in total. The number of hydrogen-bond donors (Lipinski definition) is 2. The molecular weight excluding hydrogens is 374 g/mol. The van der Waals surface area contributed by atoms with Gasteiger partial charge in [-0.25, -0.2) is 8.42 Å². The number of amides is 1. The quantitative estimate of drug-likeness (QED) is 0.731. The molecule has 26 heavy (non-hydrogen) atoms. The van der Waals surface area contributed by atoms with E-state index in [1.165, 1.54) is 22.9 Å². The predicted molar refractivity (Wildman–Crippen MR) is 106 cm³/mol. The fourth-order valence-corrected chi connectivity index (χ4v) is 4.52. The van der Waals surface area contributed by atoms with Gasteiger partial charge in [0, 0.05) is 31.2 Å². The van der Waals surface area contributed by atoms with Gasteiger partial charge in [-0.3, -0.25) is 4.79 Å². The molecule has 0 radical (unpaired) electrons. The predicted octanol–water partition coefficient (Wildman–Crippen LogP) is 2.53. The highest BCUT2D eigenvalue weighted by atomic mass is 35.5. The monoisotopic (exact) mass is 403 g/mol. The summed E-state index contributed by atoms with van der Waals surface area (Å²) in [5.74, 6) is -0.217. The van der Waals surface area contributed by atoms with Gasteiger partial charge >= 0.3 is 0 Å². The topological polar surface area (TPSA) is 92.5 Å². The lowest BCUT2D eigenvalue weighted by Crippen LogP contribution is -2.38. The number of benzene rings is 1. The van der Waals surface area contributed by atoms with Crippen LogP contribution in [0.4, 0.5) is 0 Å². The molecule has 1 unspecified atom stereocenters. The van der Waals surface area contributed by atoms with E-state index in [4.69, 9.17) is 5.73 Å². The van der Waals surface area contributed by atoms with Gasteiger partial charge in [0.15, 0.2) is 0 Å². The average Bonchev–Trinajstić information content (AvgIpc) is 2.61. The molecule has 1 amide bonds. The lowest BCUT2D eigenvalue weighted by atomic mass is 9.96. The lowest BCUT2D eigenvalue weighted by Gasteiger charge is -2.30. The van der Waals surface area contributed by atoms with E-state index in [0.717, 1.165) is 25.7 Å². The molecular formula is C18H30ClN3O3S. The van der Waals surface area contributed by atoms with Gasteiger partial charge in [-0.2, -0.15) is 4.31 Å². The number of hydrogen-bond acceptors (Lipinski definition) is 4. The van der Waals surface area contributed by atoms with Crippen molar-refractivity contribution in [1.29, 1.82) is 0 Å². The minimum atomic E-state index is -3.52. The van der Waals surface area contributed by atoms with Gasteiger partial charge in [0.25, 0.3) is 5.91 Å². The van der Waals surface area contributed by atoms with Gasteiger partial charge in [-0.05, 0) is 50.5 Å². The molecule has 0 heterocycles. The van der Waals surface area contributed by atoms with Crippen LogP contribution in [0.3, 0.4) is 0 Å². The number of nitrogens with one attached hydrogen (secondary N) is 1. The van der Waals surface area contributed by atoms with Crippen molar-refractivity contribution in [3.05, 3.63) is 29.8 Å². The fraction of sp³-hybridized carbons (Fsp3) is 0.611. The summed E-state index contributed by atoms with van der Waals surface area (Å²) in [7, 11) is -1.87. The number of nitrogens with two attached hydrogens (primary N) is 1. The minimum Gasteiger partial charge on any atom is -0.352 e. The molecule has 1 aliphatic rings. The molecule has 1 aromatic rings. The van der Waals surface area contributed by atoms with E-state index in [9.17, 15) is 13.2 Å². The SMILES string of the molecule is CC(N)CCNC(=O)c1ccc(S(=O)(=O)N(C)C2CCCCC2)cc1.Cl. The maximum Gasteiger partial charge on any atom is 0.251 e. The Morgan fingerprint density at radius 3 is 2.35 bits per heavy atom. The van der Waals surface area contributed by atoms with E-state index in [1.807, 2.05) is 6.92 Å². The number of carbonyl (C=O) groups excluding carboxylic acids is 1. The fourth-order valence-electron chi connectivity index (χ4n) is 3.10. The van der Waals surface area contributed by atoms with Crippen molar-refractivity contribution >= 4 is 28.3 Å². The summed E-state index contributed by atoms with van der Waals surface area (Å²) in [4.78, 5) is 12.3. The van der Waals surface area contributed by atoms with Gasteiger partial charge in [-0.1, -0.05) is 19.3 Å². The second-order valence-electron chi connectivity index (χ2n) is 6.86. The molecule has 0 aromatic heterocycles. The van der Waals surface area contributed by atoms with Crippen molar-refractivity contribution in [2.45, 2.75) is 62.4 Å². The van der Waals surface area contributed by atoms with Crippen molar-refractivity contribution in [3.8, 4) is 0 Å². The van der Waals surface area contributed by atoms with E-state index in [2.05, 4.69) is 5.32 Å². The highest BCUT2D eigenvalue weighted by Gasteiger charge is 2.29. The summed E-state index contributed by atoms with van der Waals surface area (Å²) >= 11 is 0. The zero-order valence-electron chi connectivity index (χ0n) is 15.5. The Morgan fingerprint density at radius 1 is 1.23 bits per heavy atom. The van der Waals surface area contributed by atoms with Gasteiger partial charge in [0.1, 0.15) is 0 Å². The van der Waals surface area contributed by atoms with Crippen LogP contribution in [0.5, 0.6) is 0 Å². The van der Waals surface area contributed by atoms with E-state index in [0.29, 0.717) is 18.5 Å². The summed E-state index contributed by atoms with van der Waals surface area (Å²) < 4.78 is 27.0. The molecule has 1 fully saturated rings. The van der Waals surface area contributed by atoms with Crippen molar-refractivity contribution in [2.75, 3.05) is 13.6 Å². The molecule has 0 aliphatic heterocycles. The van der Waals surface area contributed by atoms with Crippen molar-refractivity contribution < 1.29 is 13.2 Å². The molecule has 3 N–H and O–H groups in total. The highest BCUT2D eigenvalue weighted by Crippen LogP contribution is 2.26. The average molecular weight is 404 g/mol. The summed E-state index contributed by atoms with van der Waals surface area (Å²) in [6, 6.07) is 6.23. The second kappa shape index (κ2) is 10.3. The van der Waals surface area contributed by atoms with E-state index < -0.39 is 10.0 Å². The zero-order chi connectivity index (χ0) is 18.4. The summed E-state index contributed by atoms with van der Waals surface area (Å²) in [6.45, 7) is 2.38. The Labute approximate surface area is 163 Å². The maximum absolute atomic E-state index is 12.8. The first kappa shape index (κ1) is 22.9. The normalized spacial score (nSPS) is 16.8. The molecule has 1 atom stereocenters. The van der Waals surface area contributed by atoms with E-state index in [-0.39, 0.29) is 35.3 Å². The third-order valence-corrected chi connectivity index (χ3v) is 6.69. The van der Waals surface area contributed by atoms with Crippen molar-refractivity contribution in [1.82, 2.24) is 9.62 Å². The first-order valence-corrected chi connectivity index (χ1v) is 10.4. The number of nitrogens with zero attached hydrogens (tertiary/aromatic N) is 1. The highest BCUT2D eigenvalue weighted by molar-refractivity contribution is 7.89. The third-order valence-electron chi connectivity index (χ3n) is 4.77. The molecule has 0 spiro atoms. The number of carbonyl (C=O) groups is 1. The van der Waals surface area contributed by atoms with E-state index >= 15 is 0 Å². The standard InChI is InChI=1S/C18H29N3O3S.ClH/c1-14(19)12-13-20-18(22)15-8-10-17(11-9-15)25(23,24)21(2)16-6-4-3-5-7-16;/h8-11,14,16H,3-7,12-13,19H2,1-2H3,(H,20,22);1H. The Bertz CT molecular complexity index is 671. The Kier molecular flexibility index (Phi) is 9.03. The molecule has 148 valence electrons. The van der Waals surface area contributed by atoms with E-state index in [1.54, 1.807) is 19.2 Å². The Hall–Kier alpha value is -1.15. The largest absolute Gasteiger partial charge is 0.352 e. The summed E-state index contributed by atoms with van der Waals surface area (Å²) in [5, 5.41) is 2.78. The molecule has 1 aliphatic carbocycles. The van der Waals surface area contributed by atoms with Crippen LogP contribution >= 0.6 is 12.4 Å². The molecule has 1 saturated carbocycles. The van der Waals surface area contributed by atoms with Crippen molar-refractivity contribution in [3.63, 3.8) is 0 Å². The van der Waals surface area contributed by atoms with Crippen LogP contribution in [0, 0.1) is 0 Å². The Morgan fingerprint density at radius 2 is 1.81 bits per heavy atom. The van der Waals surface area contributed by atoms with Crippen LogP contribution in [-0.2, 0) is 10.0 Å². The first-order chi connectivity index (χ1) is 11.8. The van der Waals surface area contributed by atoms with Crippen molar-refractivity contribution in [2.24, 2.45) is 5.73 Å². The molecule has 2 rings (SSSR count). The summed E-state index contributed by atoms with van der Waals surface area (Å²) in [6.07, 6.45) is 5.85. The smallest absolute Gasteiger partial charge is 0.251 e. The number of halogens is 1. The molecule has 0 saturated heterocycles. The summed E-state index contributed by atoms with van der Waals surface area (Å²) in [5.41, 5.74) is 6.10. The van der Waals surface area contributed by atoms with Crippen LogP contribution in [0.1, 0.15) is 55.8 Å². The first-order valence-electron chi connectivity index (χ1n) is 8.94. The van der Waals surface area contributed by atoms with Gasteiger partial charge in [0.05, 0.1) is 4.90 Å². The van der Waals surface area contributed by atoms with Crippen LogP contribution in [0.25, 0.3) is 0 Å². The lowest BCUT2D eigenvalue weighted by molar-refractivity contribution is 0.0952. The maximum atomic E-state index is 12.8. The van der Waals surface area contributed by atoms with Crippen LogP contribution in [0.15, 0.2) is 29.2 Å². The van der Waals surface area contributed by atoms with Crippen LogP contribution in [0.2, 0.25) is 0 Å².